The number of ether oxygens (including phenoxy) is 1. The van der Waals surface area contributed by atoms with Crippen molar-refractivity contribution in [2.24, 2.45) is 5.92 Å². The molecule has 2 atom stereocenters. The zero-order chi connectivity index (χ0) is 13.7. The highest BCUT2D eigenvalue weighted by Gasteiger charge is 2.31. The van der Waals surface area contributed by atoms with Crippen LogP contribution in [0.2, 0.25) is 0 Å². The van der Waals surface area contributed by atoms with Gasteiger partial charge in [0.2, 0.25) is 0 Å². The van der Waals surface area contributed by atoms with Crippen LogP contribution in [0.3, 0.4) is 0 Å². The van der Waals surface area contributed by atoms with E-state index in [0.717, 1.165) is 19.8 Å². The van der Waals surface area contributed by atoms with E-state index in [4.69, 9.17) is 4.74 Å². The number of thioether (sulfide) groups is 1. The Morgan fingerprint density at radius 2 is 2.26 bits per heavy atom. The molecule has 1 N–H and O–H groups in total. The minimum absolute atomic E-state index is 0.417. The summed E-state index contributed by atoms with van der Waals surface area (Å²) in [6.45, 7) is 13.6. The van der Waals surface area contributed by atoms with Crippen molar-refractivity contribution in [2.45, 2.75) is 44.4 Å². The van der Waals surface area contributed by atoms with Crippen LogP contribution in [0.1, 0.15) is 33.6 Å². The number of nitrogens with one attached hydrogen (secondary N) is 1. The molecule has 3 nitrogen and oxygen atoms in total. The van der Waals surface area contributed by atoms with E-state index in [2.05, 4.69) is 42.7 Å². The molecule has 2 aliphatic heterocycles. The highest BCUT2D eigenvalue weighted by Crippen LogP contribution is 2.30. The van der Waals surface area contributed by atoms with E-state index in [1.165, 1.54) is 38.2 Å². The Balaban J connectivity index is 1.84. The fourth-order valence-corrected chi connectivity index (χ4v) is 4.35. The molecule has 2 aliphatic rings. The van der Waals surface area contributed by atoms with E-state index in [9.17, 15) is 0 Å². The molecule has 0 radical (unpaired) electrons. The first-order valence-corrected chi connectivity index (χ1v) is 8.77. The van der Waals surface area contributed by atoms with Crippen LogP contribution in [0.4, 0.5) is 0 Å². The van der Waals surface area contributed by atoms with Crippen molar-refractivity contribution in [1.29, 1.82) is 0 Å². The second kappa shape index (κ2) is 7.30. The lowest BCUT2D eigenvalue weighted by molar-refractivity contribution is 0.0160. The van der Waals surface area contributed by atoms with Crippen LogP contribution in [0, 0.1) is 5.92 Å². The lowest BCUT2D eigenvalue weighted by Crippen LogP contribution is -2.51. The quantitative estimate of drug-likeness (QED) is 0.837. The Morgan fingerprint density at radius 1 is 1.42 bits per heavy atom. The molecule has 19 heavy (non-hydrogen) atoms. The third kappa shape index (κ3) is 4.92. The average molecular weight is 286 g/mol. The Morgan fingerprint density at radius 3 is 3.00 bits per heavy atom. The van der Waals surface area contributed by atoms with Gasteiger partial charge in [0.05, 0.1) is 6.61 Å². The lowest BCUT2D eigenvalue weighted by atomic mass is 9.94. The predicted molar refractivity (Wildman–Crippen MR) is 84.0 cm³/mol. The van der Waals surface area contributed by atoms with Crippen LogP contribution in [-0.4, -0.2) is 60.8 Å². The largest absolute Gasteiger partial charge is 0.381 e. The van der Waals surface area contributed by atoms with Gasteiger partial charge in [-0.1, -0.05) is 6.92 Å². The van der Waals surface area contributed by atoms with Crippen molar-refractivity contribution >= 4 is 11.8 Å². The second-order valence-corrected chi connectivity index (χ2v) is 8.33. The molecule has 0 bridgehead atoms. The number of rotatable bonds is 5. The highest BCUT2D eigenvalue weighted by atomic mass is 32.2. The van der Waals surface area contributed by atoms with Gasteiger partial charge in [-0.15, -0.1) is 0 Å². The van der Waals surface area contributed by atoms with Crippen LogP contribution < -0.4 is 5.32 Å². The molecule has 112 valence electrons. The maximum Gasteiger partial charge on any atom is 0.0521 e. The first-order valence-electron chi connectivity index (χ1n) is 7.78. The monoisotopic (exact) mass is 286 g/mol. The first-order chi connectivity index (χ1) is 9.11. The predicted octanol–water partition coefficient (Wildman–Crippen LogP) is 2.22. The molecule has 0 aromatic rings. The van der Waals surface area contributed by atoms with Gasteiger partial charge in [0.15, 0.2) is 0 Å². The summed E-state index contributed by atoms with van der Waals surface area (Å²) in [5.41, 5.74) is 0. The van der Waals surface area contributed by atoms with Crippen LogP contribution in [-0.2, 0) is 4.74 Å². The van der Waals surface area contributed by atoms with E-state index in [1.807, 2.05) is 0 Å². The van der Waals surface area contributed by atoms with Crippen molar-refractivity contribution in [1.82, 2.24) is 10.2 Å². The fraction of sp³-hybridized carbons (Fsp3) is 1.00. The third-order valence-corrected chi connectivity index (χ3v) is 5.43. The highest BCUT2D eigenvalue weighted by molar-refractivity contribution is 8.00. The van der Waals surface area contributed by atoms with Crippen molar-refractivity contribution in [3.8, 4) is 0 Å². The molecule has 0 saturated carbocycles. The van der Waals surface area contributed by atoms with E-state index < -0.39 is 0 Å². The molecule has 2 unspecified atom stereocenters. The first kappa shape index (κ1) is 15.6. The molecule has 0 aromatic heterocycles. The van der Waals surface area contributed by atoms with Crippen molar-refractivity contribution in [3.05, 3.63) is 0 Å². The molecule has 0 spiro atoms. The Bertz CT molecular complexity index is 273. The van der Waals surface area contributed by atoms with Gasteiger partial charge in [0.25, 0.3) is 0 Å². The van der Waals surface area contributed by atoms with E-state index in [-0.39, 0.29) is 0 Å². The van der Waals surface area contributed by atoms with Gasteiger partial charge in [0.1, 0.15) is 0 Å². The van der Waals surface area contributed by atoms with Crippen LogP contribution >= 0.6 is 11.8 Å². The second-order valence-electron chi connectivity index (χ2n) is 6.53. The Hall–Kier alpha value is 0.230. The SMILES string of the molecule is CCCNC1CCOCC1CN1CCSC(C)(C)C1. The van der Waals surface area contributed by atoms with E-state index >= 15 is 0 Å². The van der Waals surface area contributed by atoms with Crippen LogP contribution in [0.15, 0.2) is 0 Å². The zero-order valence-corrected chi connectivity index (χ0v) is 13.6. The molecule has 4 heteroatoms. The summed E-state index contributed by atoms with van der Waals surface area (Å²) in [5, 5.41) is 3.72. The van der Waals surface area contributed by atoms with Gasteiger partial charge in [-0.05, 0) is 33.2 Å². The number of hydrogen-bond donors (Lipinski definition) is 1. The molecule has 2 saturated heterocycles. The number of nitrogens with zero attached hydrogens (tertiary/aromatic N) is 1. The topological polar surface area (TPSA) is 24.5 Å². The van der Waals surface area contributed by atoms with Gasteiger partial charge < -0.3 is 15.0 Å². The lowest BCUT2D eigenvalue weighted by Gasteiger charge is -2.41. The van der Waals surface area contributed by atoms with Crippen LogP contribution in [0.5, 0.6) is 0 Å². The van der Waals surface area contributed by atoms with Crippen molar-refractivity contribution in [2.75, 3.05) is 45.1 Å². The standard InChI is InChI=1S/C15H30N2OS/c1-4-6-16-14-5-8-18-11-13(14)10-17-7-9-19-15(2,3)12-17/h13-14,16H,4-12H2,1-3H3. The molecule has 2 rings (SSSR count). The maximum atomic E-state index is 5.71. The maximum absolute atomic E-state index is 5.71. The van der Waals surface area contributed by atoms with Gasteiger partial charge in [-0.25, -0.2) is 0 Å². The third-order valence-electron chi connectivity index (χ3n) is 4.13. The zero-order valence-electron chi connectivity index (χ0n) is 12.8. The molecule has 0 aliphatic carbocycles. The number of hydrogen-bond acceptors (Lipinski definition) is 4. The summed E-state index contributed by atoms with van der Waals surface area (Å²) in [6.07, 6.45) is 2.40. The summed E-state index contributed by atoms with van der Waals surface area (Å²) in [4.78, 5) is 2.65. The summed E-state index contributed by atoms with van der Waals surface area (Å²) < 4.78 is 6.13. The average Bonchev–Trinajstić information content (AvgIpc) is 2.36. The normalized spacial score (nSPS) is 32.4. The van der Waals surface area contributed by atoms with Gasteiger partial charge in [0, 0.05) is 48.7 Å². The summed E-state index contributed by atoms with van der Waals surface area (Å²) in [7, 11) is 0. The van der Waals surface area contributed by atoms with Crippen molar-refractivity contribution < 1.29 is 4.74 Å². The summed E-state index contributed by atoms with van der Waals surface area (Å²) in [5.74, 6) is 1.94. The van der Waals surface area contributed by atoms with Gasteiger partial charge in [-0.3, -0.25) is 0 Å². The summed E-state index contributed by atoms with van der Waals surface area (Å²) >= 11 is 2.11. The summed E-state index contributed by atoms with van der Waals surface area (Å²) in [6, 6.07) is 0.659. The van der Waals surface area contributed by atoms with Crippen LogP contribution in [0.25, 0.3) is 0 Å². The van der Waals surface area contributed by atoms with E-state index in [1.54, 1.807) is 0 Å². The van der Waals surface area contributed by atoms with Gasteiger partial charge in [-0.2, -0.15) is 11.8 Å². The molecule has 2 fully saturated rings. The Kier molecular flexibility index (Phi) is 6.00. The minimum atomic E-state index is 0.417. The Labute approximate surface area is 122 Å². The molecule has 0 amide bonds. The molecular formula is C15H30N2OS. The molecule has 0 aromatic carbocycles. The van der Waals surface area contributed by atoms with Crippen molar-refractivity contribution in [3.63, 3.8) is 0 Å². The molecular weight excluding hydrogens is 256 g/mol. The van der Waals surface area contributed by atoms with E-state index in [0.29, 0.717) is 16.7 Å². The smallest absolute Gasteiger partial charge is 0.0521 e. The van der Waals surface area contributed by atoms with Gasteiger partial charge >= 0.3 is 0 Å². The molecule has 2 heterocycles. The fourth-order valence-electron chi connectivity index (χ4n) is 3.18. The minimum Gasteiger partial charge on any atom is -0.381 e.